The maximum absolute atomic E-state index is 12.4. The number of fused-ring (bicyclic) bond motifs is 1. The third kappa shape index (κ3) is 5.92. The summed E-state index contributed by atoms with van der Waals surface area (Å²) in [5.41, 5.74) is 12.3. The lowest BCUT2D eigenvalue weighted by Crippen LogP contribution is -2.11. The van der Waals surface area contributed by atoms with Crippen LogP contribution >= 0.6 is 11.3 Å². The third-order valence-electron chi connectivity index (χ3n) is 6.81. The molecular formula is C31H31N7O2S. The van der Waals surface area contributed by atoms with Gasteiger partial charge in [0.15, 0.2) is 11.6 Å². The number of ketones is 1. The van der Waals surface area contributed by atoms with E-state index in [0.717, 1.165) is 52.1 Å². The summed E-state index contributed by atoms with van der Waals surface area (Å²) in [7, 11) is 0. The van der Waals surface area contributed by atoms with Gasteiger partial charge in [0.2, 0.25) is 5.91 Å². The number of amides is 1. The molecule has 4 aromatic heterocycles. The Kier molecular flexibility index (Phi) is 8.02. The van der Waals surface area contributed by atoms with Crippen molar-refractivity contribution in [3.05, 3.63) is 76.8 Å². The second kappa shape index (κ2) is 11.8. The molecule has 4 heterocycles. The second-order valence-corrected chi connectivity index (χ2v) is 10.9. The normalized spacial score (nSPS) is 11.1. The number of anilines is 2. The molecule has 0 aliphatic carbocycles. The number of pyridine rings is 2. The number of unbranched alkanes of at least 4 members (excludes halogenated alkanes) is 1. The molecule has 0 aliphatic rings. The van der Waals surface area contributed by atoms with Crippen molar-refractivity contribution in [1.82, 2.24) is 19.9 Å². The Bertz CT molecular complexity index is 1790. The van der Waals surface area contributed by atoms with Crippen LogP contribution in [0.4, 0.5) is 11.5 Å². The molecule has 0 atom stereocenters. The molecule has 0 aliphatic heterocycles. The minimum Gasteiger partial charge on any atom is -0.383 e. The zero-order valence-corrected chi connectivity index (χ0v) is 24.0. The fourth-order valence-electron chi connectivity index (χ4n) is 4.56. The highest BCUT2D eigenvalue weighted by Crippen LogP contribution is 2.33. The van der Waals surface area contributed by atoms with Gasteiger partial charge in [0.25, 0.3) is 0 Å². The van der Waals surface area contributed by atoms with Gasteiger partial charge in [-0.2, -0.15) is 0 Å². The number of nitrogens with two attached hydrogens (primary N) is 1. The van der Waals surface area contributed by atoms with Gasteiger partial charge in [-0.05, 0) is 61.2 Å². The van der Waals surface area contributed by atoms with E-state index in [4.69, 9.17) is 16.1 Å². The topological polar surface area (TPSA) is 151 Å². The lowest BCUT2D eigenvalue weighted by atomic mass is 9.99. The highest BCUT2D eigenvalue weighted by Gasteiger charge is 2.19. The van der Waals surface area contributed by atoms with Crippen LogP contribution < -0.4 is 11.1 Å². The van der Waals surface area contributed by atoms with E-state index in [1.165, 1.54) is 18.3 Å². The smallest absolute Gasteiger partial charge is 0.224 e. The van der Waals surface area contributed by atoms with Gasteiger partial charge in [-0.3, -0.25) is 20.0 Å². The molecule has 0 saturated carbocycles. The first kappa shape index (κ1) is 27.9. The molecule has 1 amide bonds. The van der Waals surface area contributed by atoms with E-state index < -0.39 is 0 Å². The Labute approximate surface area is 241 Å². The molecule has 5 rings (SSSR count). The molecular weight excluding hydrogens is 534 g/mol. The van der Waals surface area contributed by atoms with Gasteiger partial charge in [0.05, 0.1) is 16.6 Å². The van der Waals surface area contributed by atoms with Crippen molar-refractivity contribution in [3.8, 4) is 21.6 Å². The van der Waals surface area contributed by atoms with E-state index in [-0.39, 0.29) is 23.2 Å². The molecule has 208 valence electrons. The van der Waals surface area contributed by atoms with Crippen LogP contribution in [-0.4, -0.2) is 37.3 Å². The molecule has 5 N–H and O–H groups in total. The Morgan fingerprint density at radius 2 is 1.90 bits per heavy atom. The summed E-state index contributed by atoms with van der Waals surface area (Å²) in [5, 5.41) is 12.0. The van der Waals surface area contributed by atoms with Gasteiger partial charge < -0.3 is 16.0 Å². The maximum atomic E-state index is 12.4. The minimum absolute atomic E-state index is 0.00389. The molecule has 10 heteroatoms. The first-order chi connectivity index (χ1) is 19.8. The fraction of sp³-hybridized carbons (Fsp3) is 0.226. The van der Waals surface area contributed by atoms with Gasteiger partial charge >= 0.3 is 0 Å². The molecule has 41 heavy (non-hydrogen) atoms. The van der Waals surface area contributed by atoms with Crippen LogP contribution in [0.3, 0.4) is 0 Å². The van der Waals surface area contributed by atoms with Crippen molar-refractivity contribution in [2.45, 2.75) is 46.5 Å². The van der Waals surface area contributed by atoms with Crippen molar-refractivity contribution in [2.24, 2.45) is 0 Å². The predicted octanol–water partition coefficient (Wildman–Crippen LogP) is 6.64. The number of aromatic amines is 1. The SMILES string of the molecule is CCCCC(=O)Nc1cc(CC)cc(-c2cnc(N)c(C(=N)c3nc4c(-c5ccc(C(C)=O)s5)cncc4[nH]3)c2)c1. The lowest BCUT2D eigenvalue weighted by molar-refractivity contribution is -0.116. The summed E-state index contributed by atoms with van der Waals surface area (Å²) >= 11 is 1.38. The molecule has 0 unspecified atom stereocenters. The van der Waals surface area contributed by atoms with Gasteiger partial charge in [-0.1, -0.05) is 26.3 Å². The number of nitrogen functional groups attached to an aromatic ring is 1. The quantitative estimate of drug-likeness (QED) is 0.110. The number of thiophene rings is 1. The van der Waals surface area contributed by atoms with Gasteiger partial charge in [0, 0.05) is 46.1 Å². The number of imidazole rings is 1. The summed E-state index contributed by atoms with van der Waals surface area (Å²) in [6, 6.07) is 11.5. The van der Waals surface area contributed by atoms with Crippen LogP contribution in [0.5, 0.6) is 0 Å². The van der Waals surface area contributed by atoms with E-state index in [2.05, 4.69) is 40.2 Å². The number of nitrogens with zero attached hydrogens (tertiary/aromatic N) is 3. The number of aromatic nitrogens is 4. The Morgan fingerprint density at radius 1 is 1.07 bits per heavy atom. The summed E-state index contributed by atoms with van der Waals surface area (Å²) in [6.45, 7) is 5.66. The standard InChI is InChI=1S/C31H31N7O2S/c1-4-6-7-27(40)36-21-11-18(5-2)10-19(12-21)20-13-22(30(33)35-14-20)28(32)31-37-24-16-34-15-23(29(24)38-31)26-9-8-25(41-26)17(3)39/h8-16,32H,4-7H2,1-3H3,(H2,33,35)(H,36,40)(H,37,38). The van der Waals surface area contributed by atoms with Crippen LogP contribution in [0.15, 0.2) is 55.0 Å². The van der Waals surface area contributed by atoms with Crippen LogP contribution in [-0.2, 0) is 11.2 Å². The minimum atomic E-state index is -0.0113. The summed E-state index contributed by atoms with van der Waals surface area (Å²) < 4.78 is 0. The maximum Gasteiger partial charge on any atom is 0.224 e. The number of aryl methyl sites for hydroxylation is 1. The monoisotopic (exact) mass is 565 g/mol. The highest BCUT2D eigenvalue weighted by atomic mass is 32.1. The molecule has 5 aromatic rings. The predicted molar refractivity (Wildman–Crippen MR) is 165 cm³/mol. The summed E-state index contributed by atoms with van der Waals surface area (Å²) in [5.74, 6) is 0.531. The molecule has 9 nitrogen and oxygen atoms in total. The van der Waals surface area contributed by atoms with E-state index in [1.807, 2.05) is 24.3 Å². The number of carbonyl (C=O) groups excluding carboxylic acids is 2. The number of Topliss-reactive ketones (excluding diaryl/α,β-unsaturated/α-hetero) is 1. The molecule has 1 aromatic carbocycles. The Hall–Kier alpha value is -4.70. The highest BCUT2D eigenvalue weighted by molar-refractivity contribution is 7.17. The van der Waals surface area contributed by atoms with E-state index in [0.29, 0.717) is 33.7 Å². The third-order valence-corrected chi connectivity index (χ3v) is 8.03. The zero-order chi connectivity index (χ0) is 29.1. The Balaban J connectivity index is 1.49. The first-order valence-electron chi connectivity index (χ1n) is 13.5. The van der Waals surface area contributed by atoms with E-state index in [1.54, 1.807) is 24.7 Å². The molecule has 0 fully saturated rings. The zero-order valence-electron chi connectivity index (χ0n) is 23.2. The molecule has 0 spiro atoms. The molecule has 0 saturated heterocycles. The van der Waals surface area contributed by atoms with Crippen molar-refractivity contribution < 1.29 is 9.59 Å². The van der Waals surface area contributed by atoms with Crippen molar-refractivity contribution in [1.29, 1.82) is 5.41 Å². The van der Waals surface area contributed by atoms with Crippen molar-refractivity contribution in [2.75, 3.05) is 11.1 Å². The largest absolute Gasteiger partial charge is 0.383 e. The number of nitrogens with one attached hydrogen (secondary N) is 3. The van der Waals surface area contributed by atoms with Crippen molar-refractivity contribution in [3.63, 3.8) is 0 Å². The average Bonchev–Trinajstić information content (AvgIpc) is 3.64. The van der Waals surface area contributed by atoms with Gasteiger partial charge in [-0.15, -0.1) is 11.3 Å². The second-order valence-electron chi connectivity index (χ2n) is 9.84. The van der Waals surface area contributed by atoms with Gasteiger partial charge in [0.1, 0.15) is 17.0 Å². The van der Waals surface area contributed by atoms with Crippen LogP contribution in [0.25, 0.3) is 32.6 Å². The number of carbonyl (C=O) groups is 2. The number of benzene rings is 1. The Morgan fingerprint density at radius 3 is 2.63 bits per heavy atom. The van der Waals surface area contributed by atoms with Gasteiger partial charge in [-0.25, -0.2) is 9.97 Å². The van der Waals surface area contributed by atoms with Crippen molar-refractivity contribution >= 4 is 51.3 Å². The number of rotatable bonds is 10. The van der Waals surface area contributed by atoms with E-state index >= 15 is 0 Å². The number of hydrogen-bond acceptors (Lipinski definition) is 8. The average molecular weight is 566 g/mol. The van der Waals surface area contributed by atoms with Crippen LogP contribution in [0.2, 0.25) is 0 Å². The lowest BCUT2D eigenvalue weighted by Gasteiger charge is -2.12. The molecule has 0 bridgehead atoms. The van der Waals surface area contributed by atoms with Crippen LogP contribution in [0, 0.1) is 5.41 Å². The number of hydrogen-bond donors (Lipinski definition) is 4. The first-order valence-corrected chi connectivity index (χ1v) is 14.3. The molecule has 0 radical (unpaired) electrons. The fourth-order valence-corrected chi connectivity index (χ4v) is 5.47. The summed E-state index contributed by atoms with van der Waals surface area (Å²) in [4.78, 5) is 42.4. The van der Waals surface area contributed by atoms with Crippen LogP contribution in [0.1, 0.15) is 66.7 Å². The van der Waals surface area contributed by atoms with E-state index in [9.17, 15) is 9.59 Å². The number of H-pyrrole nitrogens is 1. The summed E-state index contributed by atoms with van der Waals surface area (Å²) in [6.07, 6.45) is 8.11.